The number of piperidine rings is 1. The molecule has 0 amide bonds. The highest BCUT2D eigenvalue weighted by Crippen LogP contribution is 2.34. The lowest BCUT2D eigenvalue weighted by Gasteiger charge is -2.38. The molecule has 1 fully saturated rings. The summed E-state index contributed by atoms with van der Waals surface area (Å²) in [5.41, 5.74) is 2.96. The Bertz CT molecular complexity index is 419. The number of nitriles is 1. The second-order valence-electron chi connectivity index (χ2n) is 5.91. The number of hydrogen-bond acceptors (Lipinski definition) is 2. The summed E-state index contributed by atoms with van der Waals surface area (Å²) in [4.78, 5) is 2.50. The van der Waals surface area contributed by atoms with E-state index in [4.69, 9.17) is 5.26 Å². The molecule has 18 heavy (non-hydrogen) atoms. The first kappa shape index (κ1) is 13.1. The first-order valence-electron chi connectivity index (χ1n) is 6.76. The van der Waals surface area contributed by atoms with Crippen molar-refractivity contribution in [3.63, 3.8) is 0 Å². The minimum atomic E-state index is 0.249. The van der Waals surface area contributed by atoms with Crippen molar-refractivity contribution >= 4 is 0 Å². The smallest absolute Gasteiger partial charge is 0.0627 e. The monoisotopic (exact) mass is 242 g/mol. The third-order valence-electron chi connectivity index (χ3n) is 4.10. The molecule has 1 aliphatic rings. The largest absolute Gasteiger partial charge is 0.299 e. The maximum Gasteiger partial charge on any atom is 0.0627 e. The van der Waals surface area contributed by atoms with Crippen molar-refractivity contribution in [2.45, 2.75) is 39.7 Å². The Kier molecular flexibility index (Phi) is 4.04. The summed E-state index contributed by atoms with van der Waals surface area (Å²) in [6.45, 7) is 7.65. The van der Waals surface area contributed by atoms with Crippen LogP contribution in [-0.2, 0) is 6.54 Å². The van der Waals surface area contributed by atoms with Gasteiger partial charge in [-0.05, 0) is 43.8 Å². The topological polar surface area (TPSA) is 27.0 Å². The number of nitrogens with zero attached hydrogens (tertiary/aromatic N) is 2. The Morgan fingerprint density at radius 1 is 1.22 bits per heavy atom. The van der Waals surface area contributed by atoms with E-state index in [9.17, 15) is 0 Å². The molecule has 1 aromatic rings. The highest BCUT2D eigenvalue weighted by atomic mass is 15.1. The van der Waals surface area contributed by atoms with Crippen LogP contribution in [0, 0.1) is 23.7 Å². The van der Waals surface area contributed by atoms with Crippen LogP contribution in [-0.4, -0.2) is 18.0 Å². The molecule has 2 nitrogen and oxygen atoms in total. The van der Waals surface area contributed by atoms with Crippen LogP contribution in [0.3, 0.4) is 0 Å². The summed E-state index contributed by atoms with van der Waals surface area (Å²) in [6.07, 6.45) is 2.99. The minimum absolute atomic E-state index is 0.249. The van der Waals surface area contributed by atoms with Crippen molar-refractivity contribution in [2.75, 3.05) is 13.1 Å². The number of likely N-dealkylation sites (tertiary alicyclic amines) is 1. The van der Waals surface area contributed by atoms with Crippen LogP contribution < -0.4 is 0 Å². The van der Waals surface area contributed by atoms with Crippen molar-refractivity contribution < 1.29 is 0 Å². The second-order valence-corrected chi connectivity index (χ2v) is 5.91. The Labute approximate surface area is 110 Å². The quantitative estimate of drug-likeness (QED) is 0.811. The molecular formula is C16H22N2. The van der Waals surface area contributed by atoms with Crippen molar-refractivity contribution in [3.05, 3.63) is 35.4 Å². The Morgan fingerprint density at radius 2 is 1.83 bits per heavy atom. The SMILES string of the molecule is Cc1ccc(CN2CCC(C)(CC#N)CC2)cc1. The minimum Gasteiger partial charge on any atom is -0.299 e. The standard InChI is InChI=1S/C16H22N2/c1-14-3-5-15(6-4-14)13-18-11-8-16(2,7-10-17)9-12-18/h3-6H,7-9,11-13H2,1-2H3. The molecule has 0 N–H and O–H groups in total. The van der Waals surface area contributed by atoms with Gasteiger partial charge in [-0.15, -0.1) is 0 Å². The van der Waals surface area contributed by atoms with Crippen LogP contribution >= 0.6 is 0 Å². The highest BCUT2D eigenvalue weighted by Gasteiger charge is 2.29. The van der Waals surface area contributed by atoms with Crippen LogP contribution in [0.4, 0.5) is 0 Å². The lowest BCUT2D eigenvalue weighted by molar-refractivity contribution is 0.116. The van der Waals surface area contributed by atoms with Gasteiger partial charge in [0.1, 0.15) is 0 Å². The van der Waals surface area contributed by atoms with Crippen molar-refractivity contribution in [1.29, 1.82) is 5.26 Å². The third-order valence-corrected chi connectivity index (χ3v) is 4.10. The maximum absolute atomic E-state index is 8.85. The lowest BCUT2D eigenvalue weighted by Crippen LogP contribution is -2.38. The lowest BCUT2D eigenvalue weighted by atomic mass is 9.78. The summed E-state index contributed by atoms with van der Waals surface area (Å²) in [7, 11) is 0. The average Bonchev–Trinajstić information content (AvgIpc) is 2.35. The maximum atomic E-state index is 8.85. The van der Waals surface area contributed by atoms with Gasteiger partial charge < -0.3 is 0 Å². The van der Waals surface area contributed by atoms with Gasteiger partial charge >= 0.3 is 0 Å². The average molecular weight is 242 g/mol. The van der Waals surface area contributed by atoms with Gasteiger partial charge in [-0.3, -0.25) is 4.90 Å². The number of hydrogen-bond donors (Lipinski definition) is 0. The van der Waals surface area contributed by atoms with E-state index in [0.29, 0.717) is 6.42 Å². The van der Waals surface area contributed by atoms with Gasteiger partial charge in [-0.25, -0.2) is 0 Å². The summed E-state index contributed by atoms with van der Waals surface area (Å²) < 4.78 is 0. The third kappa shape index (κ3) is 3.34. The van der Waals surface area contributed by atoms with E-state index >= 15 is 0 Å². The zero-order valence-electron chi connectivity index (χ0n) is 11.4. The fraction of sp³-hybridized carbons (Fsp3) is 0.562. The molecule has 0 saturated carbocycles. The number of aryl methyl sites for hydroxylation is 1. The number of rotatable bonds is 3. The molecule has 1 aromatic carbocycles. The van der Waals surface area contributed by atoms with Crippen LogP contribution in [0.15, 0.2) is 24.3 Å². The summed E-state index contributed by atoms with van der Waals surface area (Å²) in [5, 5.41) is 8.85. The molecule has 0 atom stereocenters. The van der Waals surface area contributed by atoms with Crippen molar-refractivity contribution in [2.24, 2.45) is 5.41 Å². The molecule has 2 rings (SSSR count). The zero-order chi connectivity index (χ0) is 13.0. The van der Waals surface area contributed by atoms with Gasteiger partial charge in [0.15, 0.2) is 0 Å². The predicted octanol–water partition coefficient (Wildman–Crippen LogP) is 3.51. The molecule has 2 heteroatoms. The highest BCUT2D eigenvalue weighted by molar-refractivity contribution is 5.21. The molecule has 0 aliphatic carbocycles. The molecule has 0 radical (unpaired) electrons. The second kappa shape index (κ2) is 5.54. The van der Waals surface area contributed by atoms with E-state index in [2.05, 4.69) is 49.1 Å². The van der Waals surface area contributed by atoms with Gasteiger partial charge in [-0.1, -0.05) is 36.8 Å². The Hall–Kier alpha value is -1.33. The molecule has 0 aromatic heterocycles. The van der Waals surface area contributed by atoms with Crippen LogP contribution in [0.5, 0.6) is 0 Å². The van der Waals surface area contributed by atoms with Crippen LogP contribution in [0.1, 0.15) is 37.3 Å². The predicted molar refractivity (Wildman–Crippen MR) is 74.0 cm³/mol. The summed E-state index contributed by atoms with van der Waals surface area (Å²) >= 11 is 0. The van der Waals surface area contributed by atoms with E-state index in [-0.39, 0.29) is 5.41 Å². The molecule has 1 aliphatic heterocycles. The Morgan fingerprint density at radius 3 is 2.39 bits per heavy atom. The summed E-state index contributed by atoms with van der Waals surface area (Å²) in [5.74, 6) is 0. The zero-order valence-corrected chi connectivity index (χ0v) is 11.4. The normalized spacial score (nSPS) is 19.4. The van der Waals surface area contributed by atoms with Crippen LogP contribution in [0.2, 0.25) is 0 Å². The molecule has 96 valence electrons. The van der Waals surface area contributed by atoms with Gasteiger partial charge in [0.2, 0.25) is 0 Å². The first-order chi connectivity index (χ1) is 8.61. The molecule has 0 spiro atoms. The van der Waals surface area contributed by atoms with E-state index in [1.54, 1.807) is 0 Å². The van der Waals surface area contributed by atoms with Crippen molar-refractivity contribution in [1.82, 2.24) is 4.90 Å². The Balaban J connectivity index is 1.87. The van der Waals surface area contributed by atoms with Crippen molar-refractivity contribution in [3.8, 4) is 6.07 Å². The fourth-order valence-corrected chi connectivity index (χ4v) is 2.57. The van der Waals surface area contributed by atoms with Gasteiger partial charge in [0.25, 0.3) is 0 Å². The first-order valence-corrected chi connectivity index (χ1v) is 6.76. The van der Waals surface area contributed by atoms with Gasteiger partial charge in [-0.2, -0.15) is 5.26 Å². The molecule has 0 unspecified atom stereocenters. The van der Waals surface area contributed by atoms with E-state index < -0.39 is 0 Å². The molecule has 1 heterocycles. The fourth-order valence-electron chi connectivity index (χ4n) is 2.57. The van der Waals surface area contributed by atoms with Gasteiger partial charge in [0, 0.05) is 13.0 Å². The molecular weight excluding hydrogens is 220 g/mol. The van der Waals surface area contributed by atoms with Gasteiger partial charge in [0.05, 0.1) is 6.07 Å². The molecule has 0 bridgehead atoms. The molecule has 1 saturated heterocycles. The summed E-state index contributed by atoms with van der Waals surface area (Å²) in [6, 6.07) is 11.1. The van der Waals surface area contributed by atoms with E-state index in [1.807, 2.05) is 0 Å². The number of benzene rings is 1. The van der Waals surface area contributed by atoms with E-state index in [1.165, 1.54) is 11.1 Å². The van der Waals surface area contributed by atoms with Crippen LogP contribution in [0.25, 0.3) is 0 Å². The van der Waals surface area contributed by atoms with E-state index in [0.717, 1.165) is 32.5 Å².